The van der Waals surface area contributed by atoms with E-state index in [0.29, 0.717) is 11.3 Å². The molecule has 1 aromatic rings. The van der Waals surface area contributed by atoms with Gasteiger partial charge < -0.3 is 15.4 Å². The van der Waals surface area contributed by atoms with Crippen LogP contribution in [0.2, 0.25) is 0 Å². The standard InChI is InChI=1S/C12H13N5O3/c1-20-8-4-2-3-7(5-8)11(18)16-10-9(6-14-17-13)15-12(10)19/h2-5,9-10H,6H2,1H3,(H,15,19)(H,16,18)/t9-,10+/m0/s1. The maximum Gasteiger partial charge on any atom is 0.252 e. The van der Waals surface area contributed by atoms with Crippen molar-refractivity contribution in [3.05, 3.63) is 40.3 Å². The molecule has 8 heteroatoms. The molecule has 1 aromatic carbocycles. The van der Waals surface area contributed by atoms with Crippen LogP contribution in [0.25, 0.3) is 10.4 Å². The number of rotatable bonds is 5. The van der Waals surface area contributed by atoms with Crippen LogP contribution < -0.4 is 15.4 Å². The van der Waals surface area contributed by atoms with Crippen molar-refractivity contribution in [1.82, 2.24) is 10.6 Å². The summed E-state index contributed by atoms with van der Waals surface area (Å²) in [4.78, 5) is 26.1. The number of ether oxygens (including phenoxy) is 1. The van der Waals surface area contributed by atoms with Crippen LogP contribution in [0, 0.1) is 0 Å². The minimum Gasteiger partial charge on any atom is -0.497 e. The second kappa shape index (κ2) is 5.94. The SMILES string of the molecule is COc1cccc(C(=O)N[C@H]2C(=O)N[C@H]2CN=[N+]=[N-])c1. The van der Waals surface area contributed by atoms with Gasteiger partial charge in [-0.3, -0.25) is 9.59 Å². The number of azide groups is 1. The number of carbonyl (C=O) groups is 2. The molecule has 0 saturated carbocycles. The summed E-state index contributed by atoms with van der Waals surface area (Å²) in [6, 6.07) is 5.56. The summed E-state index contributed by atoms with van der Waals surface area (Å²) in [7, 11) is 1.51. The van der Waals surface area contributed by atoms with E-state index >= 15 is 0 Å². The Morgan fingerprint density at radius 1 is 1.60 bits per heavy atom. The highest BCUT2D eigenvalue weighted by atomic mass is 16.5. The van der Waals surface area contributed by atoms with E-state index in [1.54, 1.807) is 24.3 Å². The summed E-state index contributed by atoms with van der Waals surface area (Å²) < 4.78 is 5.03. The third-order valence-electron chi connectivity index (χ3n) is 2.97. The van der Waals surface area contributed by atoms with Gasteiger partial charge in [-0.25, -0.2) is 0 Å². The van der Waals surface area contributed by atoms with Crippen LogP contribution in [-0.4, -0.2) is 37.6 Å². The smallest absolute Gasteiger partial charge is 0.252 e. The predicted molar refractivity (Wildman–Crippen MR) is 70.2 cm³/mol. The van der Waals surface area contributed by atoms with Gasteiger partial charge in [0.05, 0.1) is 13.2 Å². The number of amides is 2. The normalized spacial score (nSPS) is 20.1. The number of methoxy groups -OCH3 is 1. The van der Waals surface area contributed by atoms with Gasteiger partial charge >= 0.3 is 0 Å². The molecule has 2 rings (SSSR count). The molecule has 2 N–H and O–H groups in total. The van der Waals surface area contributed by atoms with Crippen LogP contribution in [0.15, 0.2) is 29.4 Å². The highest BCUT2D eigenvalue weighted by Crippen LogP contribution is 2.14. The summed E-state index contributed by atoms with van der Waals surface area (Å²) >= 11 is 0. The van der Waals surface area contributed by atoms with Gasteiger partial charge in [0.25, 0.3) is 5.91 Å². The number of benzene rings is 1. The first-order chi connectivity index (χ1) is 9.65. The van der Waals surface area contributed by atoms with Gasteiger partial charge in [0.1, 0.15) is 11.8 Å². The van der Waals surface area contributed by atoms with Crippen molar-refractivity contribution >= 4 is 11.8 Å². The van der Waals surface area contributed by atoms with Gasteiger partial charge in [-0.05, 0) is 23.7 Å². The molecule has 0 bridgehead atoms. The molecule has 104 valence electrons. The first-order valence-electron chi connectivity index (χ1n) is 5.92. The topological polar surface area (TPSA) is 116 Å². The van der Waals surface area contributed by atoms with E-state index in [-0.39, 0.29) is 24.4 Å². The molecule has 0 aromatic heterocycles. The zero-order valence-electron chi connectivity index (χ0n) is 10.7. The first kappa shape index (κ1) is 13.7. The fourth-order valence-corrected chi connectivity index (χ4v) is 1.87. The van der Waals surface area contributed by atoms with Gasteiger partial charge in [0, 0.05) is 17.0 Å². The van der Waals surface area contributed by atoms with Crippen molar-refractivity contribution in [2.45, 2.75) is 12.1 Å². The maximum atomic E-state index is 12.0. The number of carbonyl (C=O) groups excluding carboxylic acids is 2. The summed E-state index contributed by atoms with van der Waals surface area (Å²) in [5.74, 6) is -0.115. The molecule has 1 heterocycles. The zero-order chi connectivity index (χ0) is 14.5. The van der Waals surface area contributed by atoms with Gasteiger partial charge in [0.15, 0.2) is 0 Å². The molecule has 20 heavy (non-hydrogen) atoms. The van der Waals surface area contributed by atoms with E-state index in [0.717, 1.165) is 0 Å². The molecule has 0 unspecified atom stereocenters. The fraction of sp³-hybridized carbons (Fsp3) is 0.333. The molecule has 8 nitrogen and oxygen atoms in total. The molecule has 2 amide bonds. The zero-order valence-corrected chi connectivity index (χ0v) is 10.7. The minimum absolute atomic E-state index is 0.102. The summed E-state index contributed by atoms with van der Waals surface area (Å²) in [6.45, 7) is 0.102. The predicted octanol–water partition coefficient (Wildman–Crippen LogP) is 0.602. The number of hydrogen-bond donors (Lipinski definition) is 2. The largest absolute Gasteiger partial charge is 0.497 e. The van der Waals surface area contributed by atoms with Crippen LogP contribution in [-0.2, 0) is 4.79 Å². The average molecular weight is 275 g/mol. The first-order valence-corrected chi connectivity index (χ1v) is 5.92. The Balaban J connectivity index is 2.02. The third kappa shape index (κ3) is 2.81. The second-order valence-electron chi connectivity index (χ2n) is 4.21. The van der Waals surface area contributed by atoms with E-state index in [9.17, 15) is 9.59 Å². The lowest BCUT2D eigenvalue weighted by Crippen LogP contribution is -2.70. The van der Waals surface area contributed by atoms with Crippen molar-refractivity contribution in [1.29, 1.82) is 0 Å². The molecular weight excluding hydrogens is 262 g/mol. The maximum absolute atomic E-state index is 12.0. The number of hydrogen-bond acceptors (Lipinski definition) is 4. The summed E-state index contributed by atoms with van der Waals surface area (Å²) in [5, 5.41) is 8.55. The lowest BCUT2D eigenvalue weighted by atomic mass is 9.98. The molecule has 0 aliphatic carbocycles. The molecule has 1 aliphatic rings. The Morgan fingerprint density at radius 2 is 2.40 bits per heavy atom. The highest BCUT2D eigenvalue weighted by Gasteiger charge is 2.39. The number of nitrogens with one attached hydrogen (secondary N) is 2. The summed E-state index contributed by atoms with van der Waals surface area (Å²) in [6.07, 6.45) is 0. The Bertz CT molecular complexity index is 582. The average Bonchev–Trinajstić information content (AvgIpc) is 2.48. The van der Waals surface area contributed by atoms with Crippen molar-refractivity contribution < 1.29 is 14.3 Å². The van der Waals surface area contributed by atoms with E-state index in [1.165, 1.54) is 7.11 Å². The van der Waals surface area contributed by atoms with Crippen LogP contribution in [0.5, 0.6) is 5.75 Å². The molecule has 1 aliphatic heterocycles. The van der Waals surface area contributed by atoms with Crippen molar-refractivity contribution in [2.24, 2.45) is 5.11 Å². The molecule has 1 fully saturated rings. The fourth-order valence-electron chi connectivity index (χ4n) is 1.87. The van der Waals surface area contributed by atoms with Crippen LogP contribution in [0.4, 0.5) is 0 Å². The van der Waals surface area contributed by atoms with Crippen LogP contribution in [0.3, 0.4) is 0 Å². The summed E-state index contributed by atoms with van der Waals surface area (Å²) in [5.41, 5.74) is 8.64. The molecule has 2 atom stereocenters. The molecule has 0 radical (unpaired) electrons. The number of nitrogens with zero attached hydrogens (tertiary/aromatic N) is 3. The lowest BCUT2D eigenvalue weighted by molar-refractivity contribution is -0.131. The van der Waals surface area contributed by atoms with Crippen LogP contribution >= 0.6 is 0 Å². The number of β-lactam (4-membered cyclic amide) rings is 1. The lowest BCUT2D eigenvalue weighted by Gasteiger charge is -2.36. The van der Waals surface area contributed by atoms with Gasteiger partial charge in [0.2, 0.25) is 5.91 Å². The van der Waals surface area contributed by atoms with Crippen molar-refractivity contribution in [3.8, 4) is 5.75 Å². The molecular formula is C12H13N5O3. The Labute approximate surface area is 114 Å². The van der Waals surface area contributed by atoms with E-state index in [1.807, 2.05) is 0 Å². The van der Waals surface area contributed by atoms with E-state index in [2.05, 4.69) is 20.7 Å². The molecule has 1 saturated heterocycles. The van der Waals surface area contributed by atoms with Gasteiger partial charge in [-0.1, -0.05) is 11.2 Å². The third-order valence-corrected chi connectivity index (χ3v) is 2.97. The van der Waals surface area contributed by atoms with E-state index in [4.69, 9.17) is 10.3 Å². The van der Waals surface area contributed by atoms with Crippen LogP contribution in [0.1, 0.15) is 10.4 Å². The monoisotopic (exact) mass is 275 g/mol. The van der Waals surface area contributed by atoms with Crippen molar-refractivity contribution in [3.63, 3.8) is 0 Å². The molecule has 0 spiro atoms. The van der Waals surface area contributed by atoms with Crippen molar-refractivity contribution in [2.75, 3.05) is 13.7 Å². The van der Waals surface area contributed by atoms with Gasteiger partial charge in [-0.15, -0.1) is 0 Å². The minimum atomic E-state index is -0.681. The Hall–Kier alpha value is -2.73. The van der Waals surface area contributed by atoms with E-state index < -0.39 is 6.04 Å². The Kier molecular flexibility index (Phi) is 4.07. The van der Waals surface area contributed by atoms with Gasteiger partial charge in [-0.2, -0.15) is 0 Å². The highest BCUT2D eigenvalue weighted by molar-refractivity contribution is 6.00. The Morgan fingerprint density at radius 3 is 3.05 bits per heavy atom. The second-order valence-corrected chi connectivity index (χ2v) is 4.21. The quantitative estimate of drug-likeness (QED) is 0.354.